The van der Waals surface area contributed by atoms with Gasteiger partial charge in [-0.3, -0.25) is 19.2 Å². The predicted octanol–water partition coefficient (Wildman–Crippen LogP) is 4.85. The Bertz CT molecular complexity index is 1330. The van der Waals surface area contributed by atoms with Crippen LogP contribution in [0, 0.1) is 0 Å². The van der Waals surface area contributed by atoms with E-state index in [0.29, 0.717) is 10.8 Å². The number of nitrogens with one attached hydrogen (secondary N) is 1. The van der Waals surface area contributed by atoms with Crippen LogP contribution in [0.5, 0.6) is 5.75 Å². The summed E-state index contributed by atoms with van der Waals surface area (Å²) >= 11 is 5.86. The first-order chi connectivity index (χ1) is 17.9. The molecule has 0 saturated carbocycles. The monoisotopic (exact) mass is 526 g/mol. The lowest BCUT2D eigenvalue weighted by Gasteiger charge is -2.21. The highest BCUT2D eigenvalue weighted by Crippen LogP contribution is 2.28. The molecule has 3 aromatic rings. The van der Waals surface area contributed by atoms with Crippen LogP contribution in [0.1, 0.15) is 35.2 Å². The van der Waals surface area contributed by atoms with Gasteiger partial charge in [0.15, 0.2) is 0 Å². The van der Waals surface area contributed by atoms with Gasteiger partial charge in [-0.05, 0) is 60.2 Å². The third kappa shape index (κ3) is 6.63. The van der Waals surface area contributed by atoms with Crippen LogP contribution in [-0.2, 0) is 19.6 Å². The molecule has 1 aliphatic heterocycles. The zero-order valence-electron chi connectivity index (χ0n) is 20.4. The average Bonchev–Trinajstić information content (AvgIpc) is 3.34. The van der Waals surface area contributed by atoms with Gasteiger partial charge in [-0.15, -0.1) is 0 Å². The van der Waals surface area contributed by atoms with Gasteiger partial charge in [-0.25, -0.2) is 8.78 Å². The van der Waals surface area contributed by atoms with Gasteiger partial charge in [0.1, 0.15) is 12.4 Å². The van der Waals surface area contributed by atoms with Gasteiger partial charge >= 0.3 is 0 Å². The van der Waals surface area contributed by atoms with Crippen LogP contribution in [0.3, 0.4) is 0 Å². The number of nitrogens with zero attached hydrogens (tertiary/aromatic N) is 3. The number of halogens is 3. The number of rotatable bonds is 9. The lowest BCUT2D eigenvalue weighted by atomic mass is 9.93. The Morgan fingerprint density at radius 3 is 2.84 bits per heavy atom. The highest BCUT2D eigenvalue weighted by molar-refractivity contribution is 6.30. The number of aromatic nitrogens is 2. The standard InChI is InChI=1S/C28H29ClF2N4O2/c29-22-4-5-24(32-14-22)18-37-26-8-10-35(28(36)13-26)25-6-3-20-11-19(1-2-21(20)12-25)16-34-9-7-23(17-34)33-15-27(30)31/h1-2,4-5,8,10-14,23,27,33H,3,6-7,9,15-18H2/t23-/m0/s1. The Morgan fingerprint density at radius 2 is 2.05 bits per heavy atom. The zero-order valence-corrected chi connectivity index (χ0v) is 21.1. The highest BCUT2D eigenvalue weighted by atomic mass is 35.5. The molecule has 1 aliphatic carbocycles. The van der Waals surface area contributed by atoms with Crippen molar-refractivity contribution in [3.8, 4) is 5.75 Å². The van der Waals surface area contributed by atoms with Gasteiger partial charge < -0.3 is 10.1 Å². The van der Waals surface area contributed by atoms with Gasteiger partial charge in [-0.1, -0.05) is 29.8 Å². The number of hydrogen-bond acceptors (Lipinski definition) is 5. The highest BCUT2D eigenvalue weighted by Gasteiger charge is 2.23. The lowest BCUT2D eigenvalue weighted by molar-refractivity contribution is 0.141. The third-order valence-corrected chi connectivity index (χ3v) is 7.02. The molecule has 0 spiro atoms. The van der Waals surface area contributed by atoms with Crippen molar-refractivity contribution in [3.63, 3.8) is 0 Å². The first-order valence-corrected chi connectivity index (χ1v) is 12.8. The van der Waals surface area contributed by atoms with Crippen LogP contribution in [0.4, 0.5) is 8.78 Å². The largest absolute Gasteiger partial charge is 0.487 e. The summed E-state index contributed by atoms with van der Waals surface area (Å²) in [5.41, 5.74) is 5.13. The number of pyridine rings is 2. The van der Waals surface area contributed by atoms with Gasteiger partial charge in [0.05, 0.1) is 17.3 Å². The minimum Gasteiger partial charge on any atom is -0.487 e. The SMILES string of the molecule is O=c1cc(OCc2ccc(Cl)cn2)ccn1C1=Cc2ccc(CN3CC[C@H](NCC(F)F)C3)cc2CC1. The van der Waals surface area contributed by atoms with Crippen LogP contribution >= 0.6 is 11.6 Å². The van der Waals surface area contributed by atoms with Crippen molar-refractivity contribution in [1.82, 2.24) is 19.8 Å². The summed E-state index contributed by atoms with van der Waals surface area (Å²) in [6, 6.07) is 13.4. The Kier molecular flexibility index (Phi) is 7.98. The van der Waals surface area contributed by atoms with E-state index in [4.69, 9.17) is 16.3 Å². The van der Waals surface area contributed by atoms with E-state index in [1.807, 2.05) is 0 Å². The minimum absolute atomic E-state index is 0.126. The van der Waals surface area contributed by atoms with Crippen molar-refractivity contribution in [2.45, 2.75) is 44.9 Å². The molecule has 1 atom stereocenters. The summed E-state index contributed by atoms with van der Waals surface area (Å²) in [6.45, 7) is 2.51. The van der Waals surface area contributed by atoms with Crippen LogP contribution in [0.25, 0.3) is 11.8 Å². The first-order valence-electron chi connectivity index (χ1n) is 12.5. The van der Waals surface area contributed by atoms with Crippen molar-refractivity contribution >= 4 is 23.4 Å². The van der Waals surface area contributed by atoms with E-state index in [0.717, 1.165) is 55.9 Å². The van der Waals surface area contributed by atoms with Gasteiger partial charge in [-0.2, -0.15) is 0 Å². The molecule has 0 amide bonds. The normalized spacial score (nSPS) is 17.6. The van der Waals surface area contributed by atoms with Crippen molar-refractivity contribution in [3.05, 3.63) is 92.6 Å². The summed E-state index contributed by atoms with van der Waals surface area (Å²) < 4.78 is 32.3. The van der Waals surface area contributed by atoms with Gasteiger partial charge in [0.2, 0.25) is 0 Å². The summed E-state index contributed by atoms with van der Waals surface area (Å²) in [5, 5.41) is 3.51. The maximum Gasteiger partial charge on any atom is 0.258 e. The molecule has 1 saturated heterocycles. The molecule has 3 heterocycles. The van der Waals surface area contributed by atoms with E-state index in [2.05, 4.69) is 39.5 Å². The fourth-order valence-corrected chi connectivity index (χ4v) is 5.02. The lowest BCUT2D eigenvalue weighted by Crippen LogP contribution is -2.35. The molecule has 0 radical (unpaired) electrons. The molecule has 5 rings (SSSR count). The van der Waals surface area contributed by atoms with E-state index in [-0.39, 0.29) is 24.8 Å². The molecule has 1 N–H and O–H groups in total. The number of hydrogen-bond donors (Lipinski definition) is 1. The molecule has 37 heavy (non-hydrogen) atoms. The molecule has 1 aromatic carbocycles. The number of allylic oxidation sites excluding steroid dienone is 1. The smallest absolute Gasteiger partial charge is 0.258 e. The maximum atomic E-state index is 12.8. The summed E-state index contributed by atoms with van der Waals surface area (Å²) in [4.78, 5) is 19.3. The fourth-order valence-electron chi connectivity index (χ4n) is 4.91. The van der Waals surface area contributed by atoms with E-state index < -0.39 is 6.43 Å². The molecular formula is C28H29ClF2N4O2. The van der Waals surface area contributed by atoms with E-state index >= 15 is 0 Å². The van der Waals surface area contributed by atoms with Crippen LogP contribution in [0.15, 0.2) is 59.7 Å². The molecule has 9 heteroatoms. The zero-order chi connectivity index (χ0) is 25.8. The molecular weight excluding hydrogens is 498 g/mol. The summed E-state index contributed by atoms with van der Waals surface area (Å²) in [5.74, 6) is 0.494. The second-order valence-corrected chi connectivity index (χ2v) is 9.95. The number of likely N-dealkylation sites (tertiary alicyclic amines) is 1. The number of alkyl halides is 2. The van der Waals surface area contributed by atoms with Crippen molar-refractivity contribution in [2.24, 2.45) is 0 Å². The van der Waals surface area contributed by atoms with Gasteiger partial charge in [0, 0.05) is 49.8 Å². The van der Waals surface area contributed by atoms with Crippen molar-refractivity contribution < 1.29 is 13.5 Å². The Balaban J connectivity index is 1.21. The molecule has 0 unspecified atom stereocenters. The maximum absolute atomic E-state index is 12.8. The summed E-state index contributed by atoms with van der Waals surface area (Å²) in [7, 11) is 0. The molecule has 6 nitrogen and oxygen atoms in total. The topological polar surface area (TPSA) is 59.4 Å². The molecule has 2 aromatic heterocycles. The third-order valence-electron chi connectivity index (χ3n) is 6.80. The minimum atomic E-state index is -2.31. The number of ether oxygens (including phenoxy) is 1. The van der Waals surface area contributed by atoms with E-state index in [1.54, 1.807) is 35.2 Å². The van der Waals surface area contributed by atoms with Crippen LogP contribution in [-0.4, -0.2) is 46.6 Å². The van der Waals surface area contributed by atoms with E-state index in [1.165, 1.54) is 17.2 Å². The Hall–Kier alpha value is -3.07. The number of fused-ring (bicyclic) bond motifs is 1. The predicted molar refractivity (Wildman–Crippen MR) is 141 cm³/mol. The Morgan fingerprint density at radius 1 is 1.16 bits per heavy atom. The second kappa shape index (κ2) is 11.5. The Labute approximate surface area is 219 Å². The fraction of sp³-hybridized carbons (Fsp3) is 0.357. The number of aryl methyl sites for hydroxylation is 1. The molecule has 194 valence electrons. The average molecular weight is 527 g/mol. The van der Waals surface area contributed by atoms with Crippen molar-refractivity contribution in [1.29, 1.82) is 0 Å². The number of benzene rings is 1. The van der Waals surface area contributed by atoms with Gasteiger partial charge in [0.25, 0.3) is 12.0 Å². The molecule has 1 fully saturated rings. The van der Waals surface area contributed by atoms with Crippen LogP contribution < -0.4 is 15.6 Å². The first kappa shape index (κ1) is 25.6. The van der Waals surface area contributed by atoms with Crippen molar-refractivity contribution in [2.75, 3.05) is 19.6 Å². The summed E-state index contributed by atoms with van der Waals surface area (Å²) in [6.07, 6.45) is 5.57. The van der Waals surface area contributed by atoms with E-state index in [9.17, 15) is 13.6 Å². The second-order valence-electron chi connectivity index (χ2n) is 9.52. The molecule has 0 bridgehead atoms. The quantitative estimate of drug-likeness (QED) is 0.432. The van der Waals surface area contributed by atoms with Crippen LogP contribution in [0.2, 0.25) is 5.02 Å². The molecule has 2 aliphatic rings.